The van der Waals surface area contributed by atoms with Gasteiger partial charge in [-0.15, -0.1) is 0 Å². The molecule has 1 fully saturated rings. The highest BCUT2D eigenvalue weighted by molar-refractivity contribution is 8.00. The van der Waals surface area contributed by atoms with E-state index in [1.54, 1.807) is 42.5 Å². The Hall–Kier alpha value is -3.01. The number of hydrogen-bond donors (Lipinski definition) is 1. The second-order valence-electron chi connectivity index (χ2n) is 7.44. The molecule has 1 heterocycles. The van der Waals surface area contributed by atoms with E-state index in [0.717, 1.165) is 27.1 Å². The average molecular weight is 516 g/mol. The van der Waals surface area contributed by atoms with Crippen LogP contribution in [0.2, 0.25) is 5.02 Å². The molecule has 7 nitrogen and oxygen atoms in total. The summed E-state index contributed by atoms with van der Waals surface area (Å²) in [5.74, 6) is 2.20. The van der Waals surface area contributed by atoms with E-state index in [4.69, 9.17) is 16.3 Å². The zero-order valence-corrected chi connectivity index (χ0v) is 20.4. The van der Waals surface area contributed by atoms with Crippen LogP contribution in [0.4, 0.5) is 5.69 Å². The number of ether oxygens (including phenoxy) is 1. The number of sulfonamides is 1. The number of carbonyl (C=O) groups is 1. The highest BCUT2D eigenvalue weighted by Crippen LogP contribution is 2.25. The lowest BCUT2D eigenvalue weighted by Gasteiger charge is -2.25. The lowest BCUT2D eigenvalue weighted by molar-refractivity contribution is -0.119. The van der Waals surface area contributed by atoms with Gasteiger partial charge in [-0.2, -0.15) is 16.9 Å². The van der Waals surface area contributed by atoms with E-state index in [1.807, 2.05) is 36.0 Å². The number of benzene rings is 3. The number of rotatable bonds is 9. The minimum absolute atomic E-state index is 0.0732. The van der Waals surface area contributed by atoms with Crippen LogP contribution in [-0.2, 0) is 14.8 Å². The van der Waals surface area contributed by atoms with Crippen molar-refractivity contribution >= 4 is 51.2 Å². The van der Waals surface area contributed by atoms with E-state index in [1.165, 1.54) is 18.3 Å². The summed E-state index contributed by atoms with van der Waals surface area (Å²) >= 11 is 7.80. The Labute approximate surface area is 207 Å². The Morgan fingerprint density at radius 1 is 1.06 bits per heavy atom. The van der Waals surface area contributed by atoms with Gasteiger partial charge in [0.25, 0.3) is 15.9 Å². The molecule has 1 aliphatic rings. The van der Waals surface area contributed by atoms with Crippen molar-refractivity contribution < 1.29 is 17.9 Å². The first-order valence-electron chi connectivity index (χ1n) is 10.4. The maximum absolute atomic E-state index is 13.2. The second-order valence-corrected chi connectivity index (χ2v) is 10.8. The van der Waals surface area contributed by atoms with Gasteiger partial charge in [0.05, 0.1) is 16.8 Å². The van der Waals surface area contributed by atoms with Gasteiger partial charge in [0.15, 0.2) is 0 Å². The van der Waals surface area contributed by atoms with Gasteiger partial charge >= 0.3 is 0 Å². The Morgan fingerprint density at radius 2 is 1.74 bits per heavy atom. The zero-order valence-electron chi connectivity index (χ0n) is 18.0. The predicted molar refractivity (Wildman–Crippen MR) is 136 cm³/mol. The number of nitrogens with zero attached hydrogens (tertiary/aromatic N) is 2. The minimum atomic E-state index is -3.99. The fourth-order valence-electron chi connectivity index (χ4n) is 3.09. The molecule has 0 aliphatic carbocycles. The Bertz CT molecular complexity index is 1250. The summed E-state index contributed by atoms with van der Waals surface area (Å²) in [7, 11) is -3.99. The van der Waals surface area contributed by atoms with Crippen LogP contribution in [0.5, 0.6) is 5.75 Å². The van der Waals surface area contributed by atoms with Crippen LogP contribution in [0.1, 0.15) is 5.56 Å². The largest absolute Gasteiger partial charge is 0.489 e. The number of anilines is 1. The van der Waals surface area contributed by atoms with Crippen molar-refractivity contribution in [3.63, 3.8) is 0 Å². The zero-order chi connectivity index (χ0) is 24.0. The topological polar surface area (TPSA) is 88.1 Å². The van der Waals surface area contributed by atoms with Crippen LogP contribution < -0.4 is 14.5 Å². The van der Waals surface area contributed by atoms with E-state index in [2.05, 4.69) is 10.5 Å². The highest BCUT2D eigenvalue weighted by Gasteiger charge is 2.27. The van der Waals surface area contributed by atoms with E-state index in [9.17, 15) is 13.2 Å². The molecular weight excluding hydrogens is 494 g/mol. The van der Waals surface area contributed by atoms with E-state index >= 15 is 0 Å². The maximum Gasteiger partial charge on any atom is 0.264 e. The summed E-state index contributed by atoms with van der Waals surface area (Å²) in [6.07, 6.45) is 1.75. The van der Waals surface area contributed by atoms with Gasteiger partial charge in [-0.1, -0.05) is 29.8 Å². The lowest BCUT2D eigenvalue weighted by Crippen LogP contribution is -2.39. The standard InChI is InChI=1S/C24H22ClN3O4S2/c25-19-8-10-20(11-9-19)28(34(30,31)23-4-2-1-3-5-23)15-24(29)27-26-14-18-6-12-21(13-7-18)32-22-16-33-17-22/h1-14,22H,15-17H2,(H,27,29)/b26-14+. The maximum atomic E-state index is 13.2. The molecule has 3 aromatic rings. The molecule has 1 N–H and O–H groups in total. The van der Waals surface area contributed by atoms with Crippen molar-refractivity contribution in [1.82, 2.24) is 5.43 Å². The van der Waals surface area contributed by atoms with Gasteiger partial charge in [-0.05, 0) is 66.2 Å². The van der Waals surface area contributed by atoms with Crippen molar-refractivity contribution in [3.8, 4) is 5.75 Å². The minimum Gasteiger partial charge on any atom is -0.489 e. The molecule has 0 bridgehead atoms. The number of hydrogen-bond acceptors (Lipinski definition) is 6. The normalized spacial score (nSPS) is 13.9. The second kappa shape index (κ2) is 10.9. The molecule has 0 atom stereocenters. The monoisotopic (exact) mass is 515 g/mol. The number of thioether (sulfide) groups is 1. The third kappa shape index (κ3) is 6.11. The fourth-order valence-corrected chi connectivity index (χ4v) is 5.23. The van der Waals surface area contributed by atoms with Crippen molar-refractivity contribution in [2.45, 2.75) is 11.0 Å². The first kappa shape index (κ1) is 24.1. The fraction of sp³-hybridized carbons (Fsp3) is 0.167. The van der Waals surface area contributed by atoms with Crippen LogP contribution in [0.15, 0.2) is 88.9 Å². The summed E-state index contributed by atoms with van der Waals surface area (Å²) in [6.45, 7) is -0.456. The molecule has 0 saturated carbocycles. The lowest BCUT2D eigenvalue weighted by atomic mass is 10.2. The number of carbonyl (C=O) groups excluding carboxylic acids is 1. The molecule has 1 amide bonds. The van der Waals surface area contributed by atoms with Gasteiger partial charge < -0.3 is 4.74 Å². The van der Waals surface area contributed by atoms with Crippen LogP contribution >= 0.6 is 23.4 Å². The predicted octanol–water partition coefficient (Wildman–Crippen LogP) is 4.18. The van der Waals surface area contributed by atoms with Crippen LogP contribution in [-0.4, -0.2) is 44.7 Å². The number of nitrogens with one attached hydrogen (secondary N) is 1. The molecule has 4 rings (SSSR count). The highest BCUT2D eigenvalue weighted by atomic mass is 35.5. The SMILES string of the molecule is O=C(CN(c1ccc(Cl)cc1)S(=O)(=O)c1ccccc1)N/N=C/c1ccc(OC2CSC2)cc1. The van der Waals surface area contributed by atoms with Crippen molar-refractivity contribution in [2.75, 3.05) is 22.4 Å². The van der Waals surface area contributed by atoms with Gasteiger partial charge in [0, 0.05) is 16.5 Å². The van der Waals surface area contributed by atoms with Crippen LogP contribution in [0.3, 0.4) is 0 Å². The van der Waals surface area contributed by atoms with Crippen molar-refractivity contribution in [2.24, 2.45) is 5.10 Å². The molecule has 1 aliphatic heterocycles. The Morgan fingerprint density at radius 3 is 2.35 bits per heavy atom. The number of amides is 1. The van der Waals surface area contributed by atoms with E-state index in [-0.39, 0.29) is 11.0 Å². The molecule has 0 aromatic heterocycles. The summed E-state index contributed by atoms with van der Waals surface area (Å²) in [4.78, 5) is 12.7. The molecule has 176 valence electrons. The first-order valence-corrected chi connectivity index (χ1v) is 13.4. The summed E-state index contributed by atoms with van der Waals surface area (Å²) in [6, 6.07) is 21.5. The van der Waals surface area contributed by atoms with Crippen molar-refractivity contribution in [1.29, 1.82) is 0 Å². The van der Waals surface area contributed by atoms with Crippen LogP contribution in [0.25, 0.3) is 0 Å². The Kier molecular flexibility index (Phi) is 7.77. The summed E-state index contributed by atoms with van der Waals surface area (Å²) in [5.41, 5.74) is 3.47. The van der Waals surface area contributed by atoms with Crippen LogP contribution in [0, 0.1) is 0 Å². The Balaban J connectivity index is 1.43. The average Bonchev–Trinajstić information content (AvgIpc) is 2.82. The molecular formula is C24H22ClN3O4S2. The van der Waals surface area contributed by atoms with Gasteiger partial charge in [-0.3, -0.25) is 9.10 Å². The molecule has 3 aromatic carbocycles. The molecule has 34 heavy (non-hydrogen) atoms. The number of hydrazone groups is 1. The third-order valence-corrected chi connectivity index (χ3v) is 8.18. The molecule has 1 saturated heterocycles. The van der Waals surface area contributed by atoms with Gasteiger partial charge in [0.1, 0.15) is 18.4 Å². The summed E-state index contributed by atoms with van der Waals surface area (Å²) in [5, 5.41) is 4.42. The van der Waals surface area contributed by atoms with E-state index in [0.29, 0.717) is 10.7 Å². The van der Waals surface area contributed by atoms with Gasteiger partial charge in [0.2, 0.25) is 0 Å². The smallest absolute Gasteiger partial charge is 0.264 e. The summed E-state index contributed by atoms with van der Waals surface area (Å²) < 4.78 is 33.3. The first-order chi connectivity index (χ1) is 16.4. The number of halogens is 1. The molecule has 10 heteroatoms. The molecule has 0 radical (unpaired) electrons. The van der Waals surface area contributed by atoms with Gasteiger partial charge in [-0.25, -0.2) is 13.8 Å². The quantitative estimate of drug-likeness (QED) is 0.341. The molecule has 0 spiro atoms. The van der Waals surface area contributed by atoms with Crippen molar-refractivity contribution in [3.05, 3.63) is 89.4 Å². The molecule has 0 unspecified atom stereocenters. The third-order valence-electron chi connectivity index (χ3n) is 4.93. The van der Waals surface area contributed by atoms with E-state index < -0.39 is 22.5 Å².